The Morgan fingerprint density at radius 1 is 0.943 bits per heavy atom. The smallest absolute Gasteiger partial charge is 0.329 e. The molecule has 0 aromatic heterocycles. The highest BCUT2D eigenvalue weighted by atomic mass is 31.2. The van der Waals surface area contributed by atoms with Crippen molar-refractivity contribution in [2.24, 2.45) is 0 Å². The maximum absolute atomic E-state index is 10.9. The topological polar surface area (TPSA) is 86.2 Å². The molecule has 1 rings (SSSR count). The van der Waals surface area contributed by atoms with Gasteiger partial charge in [-0.3, -0.25) is 4.79 Å². The van der Waals surface area contributed by atoms with E-state index in [4.69, 9.17) is 18.5 Å². The van der Waals surface area contributed by atoms with Gasteiger partial charge in [0.1, 0.15) is 11.9 Å². The largest absolute Gasteiger partial charge is 0.494 e. The number of benzene rings is 1. The zero-order chi connectivity index (χ0) is 25.4. The first-order valence-corrected chi connectivity index (χ1v) is 14.5. The van der Waals surface area contributed by atoms with Gasteiger partial charge >= 0.3 is 8.60 Å². The molecule has 0 aliphatic rings. The molecule has 2 atom stereocenters. The van der Waals surface area contributed by atoms with Crippen molar-refractivity contribution < 1.29 is 28.2 Å². The van der Waals surface area contributed by atoms with E-state index in [1.165, 1.54) is 64.2 Å². The minimum absolute atomic E-state index is 0.0663. The van der Waals surface area contributed by atoms with Gasteiger partial charge in [0.2, 0.25) is 0 Å². The number of nitrogens with one attached hydrogen (secondary N) is 1. The van der Waals surface area contributed by atoms with Crippen LogP contribution in [0.4, 0.5) is 0 Å². The first-order chi connectivity index (χ1) is 17.2. The number of hydrogen-bond donors (Lipinski definition) is 2. The molecule has 0 saturated carbocycles. The van der Waals surface area contributed by atoms with Gasteiger partial charge in [-0.2, -0.15) is 0 Å². The Morgan fingerprint density at radius 3 is 2.29 bits per heavy atom. The van der Waals surface area contributed by atoms with Gasteiger partial charge in [-0.05, 0) is 44.1 Å². The van der Waals surface area contributed by atoms with E-state index in [-0.39, 0.29) is 6.61 Å². The molecule has 0 saturated heterocycles. The van der Waals surface area contributed by atoms with Crippen molar-refractivity contribution in [3.63, 3.8) is 0 Å². The number of ether oxygens (including phenoxy) is 2. The number of unbranched alkanes of at least 4 members (excludes halogenated alkanes) is 10. The predicted octanol–water partition coefficient (Wildman–Crippen LogP) is 6.32. The fourth-order valence-electron chi connectivity index (χ4n) is 3.78. The normalized spacial score (nSPS) is 12.9. The van der Waals surface area contributed by atoms with Crippen LogP contribution in [-0.4, -0.2) is 50.9 Å². The lowest BCUT2D eigenvalue weighted by molar-refractivity contribution is -0.135. The van der Waals surface area contributed by atoms with E-state index in [9.17, 15) is 9.69 Å². The van der Waals surface area contributed by atoms with Gasteiger partial charge in [0.15, 0.2) is 0 Å². The van der Waals surface area contributed by atoms with Gasteiger partial charge in [0.25, 0.3) is 6.47 Å². The fraction of sp³-hybridized carbons (Fsp3) is 0.741. The summed E-state index contributed by atoms with van der Waals surface area (Å²) in [6, 6.07) is 7.82. The lowest BCUT2D eigenvalue weighted by Gasteiger charge is -2.18. The molecule has 0 amide bonds. The summed E-state index contributed by atoms with van der Waals surface area (Å²) < 4.78 is 21.7. The molecule has 0 fully saturated rings. The Kier molecular flexibility index (Phi) is 21.1. The first kappa shape index (κ1) is 31.8. The summed E-state index contributed by atoms with van der Waals surface area (Å²) in [5.41, 5.74) is 0.981. The average Bonchev–Trinajstić information content (AvgIpc) is 2.86. The first-order valence-electron chi connectivity index (χ1n) is 13.4. The second-order valence-corrected chi connectivity index (χ2v) is 9.91. The molecule has 0 spiro atoms. The molecule has 1 aromatic rings. The highest BCUT2D eigenvalue weighted by molar-refractivity contribution is 7.40. The summed E-state index contributed by atoms with van der Waals surface area (Å²) in [6.45, 7) is 4.65. The Labute approximate surface area is 214 Å². The molecule has 2 unspecified atom stereocenters. The van der Waals surface area contributed by atoms with Crippen LogP contribution in [-0.2, 0) is 25.0 Å². The molecule has 7 nitrogen and oxygen atoms in total. The fourth-order valence-corrected chi connectivity index (χ4v) is 4.44. The molecule has 35 heavy (non-hydrogen) atoms. The Balaban J connectivity index is 2.21. The quantitative estimate of drug-likeness (QED) is 0.0898. The van der Waals surface area contributed by atoms with Crippen molar-refractivity contribution in [3.05, 3.63) is 29.8 Å². The van der Waals surface area contributed by atoms with Gasteiger partial charge in [0.05, 0.1) is 19.8 Å². The summed E-state index contributed by atoms with van der Waals surface area (Å²) >= 11 is 0. The average molecular weight is 514 g/mol. The van der Waals surface area contributed by atoms with Gasteiger partial charge in [-0.25, -0.2) is 0 Å². The summed E-state index contributed by atoms with van der Waals surface area (Å²) in [7, 11) is -0.131. The van der Waals surface area contributed by atoms with Crippen LogP contribution in [0.25, 0.3) is 0 Å². The molecule has 8 heteroatoms. The lowest BCUT2D eigenvalue weighted by Crippen LogP contribution is -2.21. The van der Waals surface area contributed by atoms with Gasteiger partial charge in [-0.15, -0.1) is 0 Å². The molecule has 0 aliphatic carbocycles. The maximum atomic E-state index is 10.9. The van der Waals surface area contributed by atoms with Crippen LogP contribution in [0.5, 0.6) is 5.75 Å². The molecule has 0 radical (unpaired) electrons. The number of carbonyl (C=O) groups is 1. The van der Waals surface area contributed by atoms with Crippen molar-refractivity contribution in [3.8, 4) is 5.75 Å². The van der Waals surface area contributed by atoms with E-state index in [2.05, 4.69) is 12.2 Å². The van der Waals surface area contributed by atoms with Crippen LogP contribution in [0, 0.1) is 0 Å². The van der Waals surface area contributed by atoms with Crippen molar-refractivity contribution in [2.45, 2.75) is 96.5 Å². The summed E-state index contributed by atoms with van der Waals surface area (Å²) in [6.07, 6.45) is 15.2. The highest BCUT2D eigenvalue weighted by Crippen LogP contribution is 2.33. The third-order valence-electron chi connectivity index (χ3n) is 5.77. The maximum Gasteiger partial charge on any atom is 0.329 e. The highest BCUT2D eigenvalue weighted by Gasteiger charge is 2.16. The Bertz CT molecular complexity index is 621. The van der Waals surface area contributed by atoms with E-state index in [0.717, 1.165) is 30.7 Å². The summed E-state index contributed by atoms with van der Waals surface area (Å²) in [5.74, 6) is 0.817. The molecule has 202 valence electrons. The summed E-state index contributed by atoms with van der Waals surface area (Å²) in [5, 5.41) is 3.01. The number of rotatable bonds is 25. The third kappa shape index (κ3) is 18.7. The minimum Gasteiger partial charge on any atom is -0.494 e. The van der Waals surface area contributed by atoms with Gasteiger partial charge < -0.3 is 28.7 Å². The molecule has 1 aromatic carbocycles. The molecular weight excluding hydrogens is 465 g/mol. The summed E-state index contributed by atoms with van der Waals surface area (Å²) in [4.78, 5) is 20.8. The molecule has 0 heterocycles. The van der Waals surface area contributed by atoms with Crippen LogP contribution in [0.3, 0.4) is 0 Å². The zero-order valence-corrected chi connectivity index (χ0v) is 22.8. The molecule has 0 aliphatic heterocycles. The van der Waals surface area contributed by atoms with Gasteiger partial charge in [0, 0.05) is 6.42 Å². The van der Waals surface area contributed by atoms with Crippen LogP contribution >= 0.6 is 8.60 Å². The SMILES string of the molecule is CCCCCCCCCCCCCOc1cccc(CC(COP(O)OCCCNC)OC=O)c1. The Hall–Kier alpha value is -1.24. The minimum atomic E-state index is -1.99. The molecule has 0 bridgehead atoms. The standard InChI is InChI=1S/C27H48NO6P/c1-3-4-5-6-7-8-9-10-11-12-13-19-31-26-17-14-16-25(21-26)22-27(32-24-29)23-34-35(30)33-20-15-18-28-2/h14,16-17,21,24,27-28,30H,3-13,15,18-20,22-23H2,1-2H3. The van der Waals surface area contributed by atoms with Crippen molar-refractivity contribution in [2.75, 3.05) is 33.4 Å². The number of hydrogen-bond acceptors (Lipinski definition) is 7. The molecular formula is C27H48NO6P. The second kappa shape index (κ2) is 23.2. The van der Waals surface area contributed by atoms with E-state index in [1.54, 1.807) is 0 Å². The number of carbonyl (C=O) groups excluding carboxylic acids is 1. The Morgan fingerprint density at radius 2 is 1.63 bits per heavy atom. The second-order valence-electron chi connectivity index (χ2n) is 8.91. The van der Waals surface area contributed by atoms with Crippen LogP contribution in [0.15, 0.2) is 24.3 Å². The van der Waals surface area contributed by atoms with E-state index in [0.29, 0.717) is 26.1 Å². The predicted molar refractivity (Wildman–Crippen MR) is 143 cm³/mol. The van der Waals surface area contributed by atoms with Crippen LogP contribution in [0.1, 0.15) is 89.5 Å². The van der Waals surface area contributed by atoms with Crippen molar-refractivity contribution in [1.29, 1.82) is 0 Å². The third-order valence-corrected chi connectivity index (χ3v) is 6.54. The van der Waals surface area contributed by atoms with Crippen molar-refractivity contribution >= 4 is 15.1 Å². The van der Waals surface area contributed by atoms with E-state index in [1.807, 2.05) is 31.3 Å². The van der Waals surface area contributed by atoms with Crippen molar-refractivity contribution in [1.82, 2.24) is 5.32 Å². The molecule has 2 N–H and O–H groups in total. The lowest BCUT2D eigenvalue weighted by atomic mass is 10.1. The van der Waals surface area contributed by atoms with E-state index < -0.39 is 14.7 Å². The zero-order valence-electron chi connectivity index (χ0n) is 21.9. The van der Waals surface area contributed by atoms with Crippen LogP contribution in [0.2, 0.25) is 0 Å². The van der Waals surface area contributed by atoms with E-state index >= 15 is 0 Å². The van der Waals surface area contributed by atoms with Gasteiger partial charge in [-0.1, -0.05) is 83.3 Å². The monoisotopic (exact) mass is 513 g/mol. The van der Waals surface area contributed by atoms with Crippen LogP contribution < -0.4 is 10.1 Å².